The lowest BCUT2D eigenvalue weighted by molar-refractivity contribution is -0.0250. The van der Waals surface area contributed by atoms with E-state index in [0.29, 0.717) is 0 Å². The van der Waals surface area contributed by atoms with Crippen molar-refractivity contribution in [3.05, 3.63) is 0 Å². The molecule has 4 rings (SSSR count). The van der Waals surface area contributed by atoms with E-state index in [9.17, 15) is 4.39 Å². The Labute approximate surface area is 163 Å². The molecule has 4 aliphatic rings. The van der Waals surface area contributed by atoms with Gasteiger partial charge in [0.05, 0.1) is 6.67 Å². The highest BCUT2D eigenvalue weighted by atomic mass is 19.1. The van der Waals surface area contributed by atoms with Gasteiger partial charge in [-0.1, -0.05) is 64.7 Å². The zero-order valence-corrected chi connectivity index (χ0v) is 17.7. The molecule has 0 aromatic rings. The average Bonchev–Trinajstić information content (AvgIpc) is 2.69. The van der Waals surface area contributed by atoms with Gasteiger partial charge in [0.25, 0.3) is 0 Å². The van der Waals surface area contributed by atoms with Gasteiger partial charge in [-0.2, -0.15) is 0 Å². The molecule has 0 aromatic carbocycles. The fraction of sp³-hybridized carbons (Fsp3) is 1.00. The van der Waals surface area contributed by atoms with Gasteiger partial charge in [0.1, 0.15) is 0 Å². The number of hydrogen-bond donors (Lipinski definition) is 0. The molecule has 4 fully saturated rings. The minimum atomic E-state index is -0.114. The van der Waals surface area contributed by atoms with Crippen molar-refractivity contribution in [1.82, 2.24) is 0 Å². The number of alkyl halides is 1. The highest BCUT2D eigenvalue weighted by molar-refractivity contribution is 4.99. The molecule has 0 aliphatic heterocycles. The number of hydrogen-bond acceptors (Lipinski definition) is 0. The fourth-order valence-corrected chi connectivity index (χ4v) is 6.69. The molecule has 26 heavy (non-hydrogen) atoms. The summed E-state index contributed by atoms with van der Waals surface area (Å²) < 4.78 is 12.3. The van der Waals surface area contributed by atoms with Gasteiger partial charge >= 0.3 is 0 Å². The van der Waals surface area contributed by atoms with Crippen molar-refractivity contribution in [3.63, 3.8) is 0 Å². The molecular weight excluding hydrogens is 319 g/mol. The Hall–Kier alpha value is -0.0700. The Balaban J connectivity index is 1.34. The Morgan fingerprint density at radius 1 is 0.654 bits per heavy atom. The molecule has 0 N–H and O–H groups in total. The van der Waals surface area contributed by atoms with E-state index in [0.717, 1.165) is 35.5 Å². The summed E-state index contributed by atoms with van der Waals surface area (Å²) in [5.41, 5.74) is 1.53. The molecule has 4 aliphatic carbocycles. The van der Waals surface area contributed by atoms with Gasteiger partial charge in [0.15, 0.2) is 0 Å². The second kappa shape index (κ2) is 9.92. The first-order chi connectivity index (χ1) is 12.7. The molecule has 0 amide bonds. The van der Waals surface area contributed by atoms with E-state index in [1.54, 1.807) is 38.5 Å². The number of halogens is 1. The van der Waals surface area contributed by atoms with Crippen LogP contribution in [0.2, 0.25) is 0 Å². The largest absolute Gasteiger partial charge is 0.251 e. The van der Waals surface area contributed by atoms with Crippen molar-refractivity contribution in [2.24, 2.45) is 22.7 Å². The van der Waals surface area contributed by atoms with Gasteiger partial charge in [0.2, 0.25) is 0 Å². The fourth-order valence-electron chi connectivity index (χ4n) is 6.69. The smallest absolute Gasteiger partial charge is 0.0894 e. The van der Waals surface area contributed by atoms with Crippen LogP contribution in [-0.2, 0) is 0 Å². The van der Waals surface area contributed by atoms with E-state index >= 15 is 0 Å². The molecule has 0 saturated heterocycles. The second-order valence-corrected chi connectivity index (χ2v) is 10.6. The quantitative estimate of drug-likeness (QED) is 0.322. The average molecular weight is 365 g/mol. The zero-order valence-electron chi connectivity index (χ0n) is 17.7. The van der Waals surface area contributed by atoms with Crippen LogP contribution in [-0.4, -0.2) is 6.67 Å². The molecule has 4 saturated carbocycles. The molecule has 0 atom stereocenters. The SMILES string of the molecule is CCCCCC12CCC(CCC3CCC(CCCCF)CC3)(CC1)CC2. The third-order valence-corrected chi connectivity index (χ3v) is 8.91. The van der Waals surface area contributed by atoms with Crippen LogP contribution in [0.3, 0.4) is 0 Å². The lowest BCUT2D eigenvalue weighted by Crippen LogP contribution is -2.41. The summed E-state index contributed by atoms with van der Waals surface area (Å²) in [6.07, 6.45) is 27.2. The van der Waals surface area contributed by atoms with Crippen molar-refractivity contribution in [2.45, 2.75) is 129 Å². The van der Waals surface area contributed by atoms with Gasteiger partial charge in [-0.3, -0.25) is 4.39 Å². The van der Waals surface area contributed by atoms with Crippen molar-refractivity contribution in [2.75, 3.05) is 6.67 Å². The Kier molecular flexibility index (Phi) is 7.88. The first-order valence-corrected chi connectivity index (χ1v) is 12.3. The predicted octanol–water partition coefficient (Wildman–Crippen LogP) is 8.63. The Morgan fingerprint density at radius 2 is 1.19 bits per heavy atom. The maximum absolute atomic E-state index is 12.3. The van der Waals surface area contributed by atoms with E-state index in [-0.39, 0.29) is 6.67 Å². The first kappa shape index (κ1) is 20.7. The number of rotatable bonds is 11. The third kappa shape index (κ3) is 5.48. The molecule has 0 radical (unpaired) electrons. The highest BCUT2D eigenvalue weighted by Crippen LogP contribution is 2.60. The second-order valence-electron chi connectivity index (χ2n) is 10.6. The minimum absolute atomic E-state index is 0.114. The van der Waals surface area contributed by atoms with Gasteiger partial charge in [0, 0.05) is 0 Å². The van der Waals surface area contributed by atoms with Crippen LogP contribution in [0.5, 0.6) is 0 Å². The molecule has 0 unspecified atom stereocenters. The minimum Gasteiger partial charge on any atom is -0.251 e. The maximum atomic E-state index is 12.3. The van der Waals surface area contributed by atoms with Crippen LogP contribution in [0.15, 0.2) is 0 Å². The van der Waals surface area contributed by atoms with Gasteiger partial charge in [-0.25, -0.2) is 0 Å². The van der Waals surface area contributed by atoms with E-state index in [1.165, 1.54) is 70.6 Å². The Bertz CT molecular complexity index is 368. The molecular formula is C25H45F. The summed E-state index contributed by atoms with van der Waals surface area (Å²) in [6.45, 7) is 2.22. The molecule has 1 heteroatoms. The highest BCUT2D eigenvalue weighted by Gasteiger charge is 2.47. The summed E-state index contributed by atoms with van der Waals surface area (Å²) in [4.78, 5) is 0. The summed E-state index contributed by atoms with van der Waals surface area (Å²) in [6, 6.07) is 0. The molecule has 0 heterocycles. The maximum Gasteiger partial charge on any atom is 0.0894 e. The van der Waals surface area contributed by atoms with Crippen molar-refractivity contribution >= 4 is 0 Å². The molecule has 0 aromatic heterocycles. The zero-order chi connectivity index (χ0) is 18.3. The van der Waals surface area contributed by atoms with Crippen LogP contribution in [0.25, 0.3) is 0 Å². The van der Waals surface area contributed by atoms with Gasteiger partial charge in [-0.05, 0) is 86.9 Å². The molecule has 0 spiro atoms. The predicted molar refractivity (Wildman–Crippen MR) is 111 cm³/mol. The lowest BCUT2D eigenvalue weighted by Gasteiger charge is -2.54. The van der Waals surface area contributed by atoms with Crippen molar-refractivity contribution in [1.29, 1.82) is 0 Å². The first-order valence-electron chi connectivity index (χ1n) is 12.3. The van der Waals surface area contributed by atoms with Crippen molar-refractivity contribution < 1.29 is 4.39 Å². The summed E-state index contributed by atoms with van der Waals surface area (Å²) >= 11 is 0. The van der Waals surface area contributed by atoms with Crippen molar-refractivity contribution in [3.8, 4) is 0 Å². The normalized spacial score (nSPS) is 37.2. The van der Waals surface area contributed by atoms with E-state index in [4.69, 9.17) is 0 Å². The molecule has 0 nitrogen and oxygen atoms in total. The van der Waals surface area contributed by atoms with Gasteiger partial charge < -0.3 is 0 Å². The lowest BCUT2D eigenvalue weighted by atomic mass is 9.51. The van der Waals surface area contributed by atoms with Crippen LogP contribution in [0.1, 0.15) is 129 Å². The monoisotopic (exact) mass is 364 g/mol. The number of unbranched alkanes of at least 4 members (excludes halogenated alkanes) is 3. The topological polar surface area (TPSA) is 0 Å². The van der Waals surface area contributed by atoms with Crippen LogP contribution < -0.4 is 0 Å². The van der Waals surface area contributed by atoms with Gasteiger partial charge in [-0.15, -0.1) is 0 Å². The third-order valence-electron chi connectivity index (χ3n) is 8.91. The van der Waals surface area contributed by atoms with E-state index < -0.39 is 0 Å². The van der Waals surface area contributed by atoms with E-state index in [1.807, 2.05) is 0 Å². The summed E-state index contributed by atoms with van der Waals surface area (Å²) in [7, 11) is 0. The van der Waals surface area contributed by atoms with Crippen LogP contribution >= 0.6 is 0 Å². The van der Waals surface area contributed by atoms with Crippen LogP contribution in [0.4, 0.5) is 4.39 Å². The summed E-state index contributed by atoms with van der Waals surface area (Å²) in [5.74, 6) is 1.93. The summed E-state index contributed by atoms with van der Waals surface area (Å²) in [5, 5.41) is 0. The standard InChI is InChI=1S/C25H45F/c1-2-3-5-13-24-15-18-25(19-16-24,20-17-24)14-12-23-10-8-22(9-11-23)7-4-6-21-26/h22-23H,2-21H2,1H3. The van der Waals surface area contributed by atoms with E-state index in [2.05, 4.69) is 6.92 Å². The van der Waals surface area contributed by atoms with Crippen LogP contribution in [0, 0.1) is 22.7 Å². The number of fused-ring (bicyclic) bond motifs is 3. The molecule has 152 valence electrons. The molecule has 2 bridgehead atoms. The Morgan fingerprint density at radius 3 is 1.73 bits per heavy atom.